The lowest BCUT2D eigenvalue weighted by molar-refractivity contribution is -0.161. The van der Waals surface area contributed by atoms with Crippen LogP contribution in [0.2, 0.25) is 0 Å². The zero-order valence-corrected chi connectivity index (χ0v) is 72.1. The first-order valence-electron chi connectivity index (χ1n) is 45.7. The van der Waals surface area contributed by atoms with Crippen molar-refractivity contribution in [1.82, 2.24) is 0 Å². The van der Waals surface area contributed by atoms with Crippen molar-refractivity contribution in [2.45, 2.75) is 496 Å². The summed E-state index contributed by atoms with van der Waals surface area (Å²) < 4.78 is 69.0. The molecule has 107 heavy (non-hydrogen) atoms. The Hall–Kier alpha value is -1.94. The Morgan fingerprint density at radius 2 is 0.449 bits per heavy atom. The van der Waals surface area contributed by atoms with Crippen molar-refractivity contribution in [3.8, 4) is 0 Å². The van der Waals surface area contributed by atoms with Crippen LogP contribution in [0.1, 0.15) is 478 Å². The molecule has 0 aromatic carbocycles. The number of carbonyl (C=O) groups is 4. The molecule has 19 heteroatoms. The highest BCUT2D eigenvalue weighted by Crippen LogP contribution is 2.45. The highest BCUT2D eigenvalue weighted by atomic mass is 31.2. The van der Waals surface area contributed by atoms with Crippen LogP contribution < -0.4 is 0 Å². The fourth-order valence-electron chi connectivity index (χ4n) is 13.8. The summed E-state index contributed by atoms with van der Waals surface area (Å²) in [7, 11) is -9.93. The van der Waals surface area contributed by atoms with Crippen LogP contribution in [0, 0.1) is 5.92 Å². The van der Waals surface area contributed by atoms with E-state index in [1.165, 1.54) is 302 Å². The summed E-state index contributed by atoms with van der Waals surface area (Å²) in [5.74, 6) is -1.25. The van der Waals surface area contributed by atoms with Gasteiger partial charge in [0.15, 0.2) is 12.2 Å². The number of unbranched alkanes of at least 4 members (excludes halogenated alkanes) is 59. The Labute approximate surface area is 658 Å². The predicted octanol–water partition coefficient (Wildman–Crippen LogP) is 27.2. The van der Waals surface area contributed by atoms with Crippen LogP contribution >= 0.6 is 15.6 Å². The Balaban J connectivity index is 5.22. The highest BCUT2D eigenvalue weighted by Gasteiger charge is 2.30. The van der Waals surface area contributed by atoms with Crippen molar-refractivity contribution in [1.29, 1.82) is 0 Å². The number of ether oxygens (including phenoxy) is 4. The number of phosphoric acid groups is 2. The largest absolute Gasteiger partial charge is 0.472 e. The third kappa shape index (κ3) is 80.5. The average molecular weight is 1560 g/mol. The number of aliphatic hydroxyl groups excluding tert-OH is 1. The first kappa shape index (κ1) is 105. The second-order valence-electron chi connectivity index (χ2n) is 31.9. The third-order valence-corrected chi connectivity index (χ3v) is 23.0. The maximum Gasteiger partial charge on any atom is 0.472 e. The molecular weight excluding hydrogens is 1390 g/mol. The van der Waals surface area contributed by atoms with Crippen LogP contribution in [0.3, 0.4) is 0 Å². The van der Waals surface area contributed by atoms with E-state index in [9.17, 15) is 43.2 Å². The van der Waals surface area contributed by atoms with Gasteiger partial charge in [0.25, 0.3) is 0 Å². The summed E-state index contributed by atoms with van der Waals surface area (Å²) in [6.45, 7) is 7.42. The Morgan fingerprint density at radius 1 is 0.262 bits per heavy atom. The fourth-order valence-corrected chi connectivity index (χ4v) is 15.4. The van der Waals surface area contributed by atoms with E-state index in [-0.39, 0.29) is 25.7 Å². The van der Waals surface area contributed by atoms with Crippen molar-refractivity contribution in [3.63, 3.8) is 0 Å². The number of rotatable bonds is 88. The first-order chi connectivity index (χ1) is 52.1. The van der Waals surface area contributed by atoms with Crippen LogP contribution in [0.4, 0.5) is 0 Å². The van der Waals surface area contributed by atoms with Crippen LogP contribution in [0.25, 0.3) is 0 Å². The Morgan fingerprint density at radius 3 is 0.664 bits per heavy atom. The quantitative estimate of drug-likeness (QED) is 0.0222. The predicted molar refractivity (Wildman–Crippen MR) is 442 cm³/mol. The van der Waals surface area contributed by atoms with E-state index >= 15 is 0 Å². The molecule has 0 rings (SSSR count). The summed E-state index contributed by atoms with van der Waals surface area (Å²) in [5, 5.41) is 10.7. The molecule has 6 atom stereocenters. The van der Waals surface area contributed by atoms with E-state index in [2.05, 4.69) is 34.6 Å². The monoisotopic (exact) mass is 1560 g/mol. The molecule has 636 valence electrons. The van der Waals surface area contributed by atoms with Crippen molar-refractivity contribution >= 4 is 39.5 Å². The van der Waals surface area contributed by atoms with E-state index in [4.69, 9.17) is 37.0 Å². The molecule has 17 nitrogen and oxygen atoms in total. The summed E-state index contributed by atoms with van der Waals surface area (Å²) in [6.07, 6.45) is 75.0. The second-order valence-corrected chi connectivity index (χ2v) is 34.8. The molecule has 0 aliphatic heterocycles. The molecule has 0 fully saturated rings. The maximum atomic E-state index is 13.2. The lowest BCUT2D eigenvalue weighted by Gasteiger charge is -2.21. The molecule has 3 unspecified atom stereocenters. The number of phosphoric ester groups is 2. The van der Waals surface area contributed by atoms with E-state index in [1.54, 1.807) is 0 Å². The molecule has 0 radical (unpaired) electrons. The van der Waals surface area contributed by atoms with Crippen LogP contribution in [-0.4, -0.2) is 96.7 Å². The molecule has 0 aliphatic rings. The molecule has 0 aromatic heterocycles. The maximum absolute atomic E-state index is 13.2. The molecular formula is C88H172O17P2. The van der Waals surface area contributed by atoms with Gasteiger partial charge in [-0.15, -0.1) is 0 Å². The van der Waals surface area contributed by atoms with E-state index in [1.807, 2.05) is 0 Å². The van der Waals surface area contributed by atoms with Gasteiger partial charge in [-0.25, -0.2) is 9.13 Å². The van der Waals surface area contributed by atoms with Crippen LogP contribution in [0.5, 0.6) is 0 Å². The lowest BCUT2D eigenvalue weighted by Crippen LogP contribution is -2.30. The number of aliphatic hydroxyl groups is 1. The molecule has 0 amide bonds. The fraction of sp³-hybridized carbons (Fsp3) is 0.955. The van der Waals surface area contributed by atoms with Crippen LogP contribution in [-0.2, 0) is 65.4 Å². The van der Waals surface area contributed by atoms with Gasteiger partial charge >= 0.3 is 39.5 Å². The van der Waals surface area contributed by atoms with Gasteiger partial charge in [-0.3, -0.25) is 37.3 Å². The van der Waals surface area contributed by atoms with Gasteiger partial charge in [-0.2, -0.15) is 0 Å². The Kier molecular flexibility index (Phi) is 79.2. The molecule has 0 bridgehead atoms. The zero-order valence-electron chi connectivity index (χ0n) is 70.3. The number of carbonyl (C=O) groups excluding carboxylic acids is 4. The lowest BCUT2D eigenvalue weighted by atomic mass is 9.99. The zero-order chi connectivity index (χ0) is 78.3. The van der Waals surface area contributed by atoms with Gasteiger partial charge in [-0.05, 0) is 31.6 Å². The normalized spacial score (nSPS) is 14.0. The molecule has 0 saturated carbocycles. The minimum atomic E-state index is -4.97. The standard InChI is InChI=1S/C88H172O17P2/c1-6-10-13-16-19-22-25-27-29-31-33-35-37-39-44-48-53-58-63-68-73-87(92)105-84(78-99-86(91)72-67-62-57-52-47-43-38-36-34-32-30-28-26-23-20-17-14-11-7-2)80-103-107(96,97)101-76-82(89)75-100-106(94,95)102-79-83(77-98-85(90)71-66-61-56-51-24-21-18-15-12-8-3)104-88(93)74-69-64-59-54-49-45-41-40-42-46-50-55-60-65-70-81(5)9-4/h81-84,89H,6-80H2,1-5H3,(H,94,95)(H,96,97)/t81?,82-,83+,84+/m0/s1. The van der Waals surface area contributed by atoms with E-state index in [0.717, 1.165) is 95.8 Å². The van der Waals surface area contributed by atoms with Crippen molar-refractivity contribution in [2.24, 2.45) is 5.92 Å². The van der Waals surface area contributed by atoms with Crippen molar-refractivity contribution in [2.75, 3.05) is 39.6 Å². The topological polar surface area (TPSA) is 237 Å². The smallest absolute Gasteiger partial charge is 0.462 e. The average Bonchev–Trinajstić information content (AvgIpc) is 0.904. The Bertz CT molecular complexity index is 2030. The summed E-state index contributed by atoms with van der Waals surface area (Å²) >= 11 is 0. The van der Waals surface area contributed by atoms with Crippen molar-refractivity contribution < 1.29 is 80.2 Å². The molecule has 0 saturated heterocycles. The van der Waals surface area contributed by atoms with Crippen LogP contribution in [0.15, 0.2) is 0 Å². The summed E-state index contributed by atoms with van der Waals surface area (Å²) in [6, 6.07) is 0. The molecule has 0 spiro atoms. The molecule has 0 aliphatic carbocycles. The number of hydrogen-bond donors (Lipinski definition) is 3. The summed E-state index contributed by atoms with van der Waals surface area (Å²) in [4.78, 5) is 73.3. The van der Waals surface area contributed by atoms with Gasteiger partial charge in [0.2, 0.25) is 0 Å². The van der Waals surface area contributed by atoms with Gasteiger partial charge < -0.3 is 33.8 Å². The number of hydrogen-bond acceptors (Lipinski definition) is 15. The second kappa shape index (κ2) is 80.7. The minimum Gasteiger partial charge on any atom is -0.462 e. The molecule has 0 heterocycles. The third-order valence-electron chi connectivity index (χ3n) is 21.1. The van der Waals surface area contributed by atoms with Crippen molar-refractivity contribution in [3.05, 3.63) is 0 Å². The summed E-state index contributed by atoms with van der Waals surface area (Å²) in [5.41, 5.74) is 0. The SMILES string of the molecule is CCCCCCCCCCCCCCCCCCCCCCC(=O)O[C@H](COC(=O)CCCCCCCCCCCCCCCCCCCCC)COP(=O)(O)OC[C@@H](O)COP(=O)(O)OC[C@@H](COC(=O)CCCCCCCCCCCC)OC(=O)CCCCCCCCCCCCCCCCC(C)CC. The number of esters is 4. The first-order valence-corrected chi connectivity index (χ1v) is 48.7. The van der Waals surface area contributed by atoms with E-state index < -0.39 is 97.5 Å². The molecule has 0 aromatic rings. The van der Waals surface area contributed by atoms with Gasteiger partial charge in [0.1, 0.15) is 19.3 Å². The molecule has 3 N–H and O–H groups in total. The van der Waals surface area contributed by atoms with E-state index in [0.29, 0.717) is 25.7 Å². The van der Waals surface area contributed by atoms with Gasteiger partial charge in [0.05, 0.1) is 26.4 Å². The van der Waals surface area contributed by atoms with Gasteiger partial charge in [0, 0.05) is 25.7 Å². The van der Waals surface area contributed by atoms with Gasteiger partial charge in [-0.1, -0.05) is 426 Å². The minimum absolute atomic E-state index is 0.108. The highest BCUT2D eigenvalue weighted by molar-refractivity contribution is 7.47.